The molecule has 1 N–H and O–H groups in total. The van der Waals surface area contributed by atoms with E-state index in [0.717, 1.165) is 0 Å². The van der Waals surface area contributed by atoms with E-state index in [9.17, 15) is 9.59 Å². The molecular formula is C12H14N2O3. The van der Waals surface area contributed by atoms with Crippen LogP contribution in [0, 0.1) is 0 Å². The Morgan fingerprint density at radius 3 is 2.82 bits per heavy atom. The Balaban J connectivity index is 2.31. The monoisotopic (exact) mass is 234 g/mol. The van der Waals surface area contributed by atoms with Crippen LogP contribution in [0.25, 0.3) is 0 Å². The average Bonchev–Trinajstić information content (AvgIpc) is 2.52. The predicted octanol–water partition coefficient (Wildman–Crippen LogP) is 0.548. The van der Waals surface area contributed by atoms with Gasteiger partial charge < -0.3 is 15.0 Å². The lowest BCUT2D eigenvalue weighted by atomic mass is 10.2. The Morgan fingerprint density at radius 1 is 1.29 bits per heavy atom. The zero-order valence-corrected chi connectivity index (χ0v) is 9.60. The second-order valence-electron chi connectivity index (χ2n) is 3.74. The van der Waals surface area contributed by atoms with Crippen molar-refractivity contribution in [2.45, 2.75) is 6.42 Å². The Hall–Kier alpha value is -2.04. The summed E-state index contributed by atoms with van der Waals surface area (Å²) in [5.74, 6) is 0.409. The van der Waals surface area contributed by atoms with Gasteiger partial charge in [-0.2, -0.15) is 0 Å². The lowest BCUT2D eigenvalue weighted by molar-refractivity contribution is -0.123. The van der Waals surface area contributed by atoms with Gasteiger partial charge in [-0.1, -0.05) is 12.1 Å². The van der Waals surface area contributed by atoms with Crippen molar-refractivity contribution >= 4 is 17.5 Å². The van der Waals surface area contributed by atoms with E-state index >= 15 is 0 Å². The van der Waals surface area contributed by atoms with Gasteiger partial charge in [0.1, 0.15) is 5.75 Å². The van der Waals surface area contributed by atoms with Crippen LogP contribution in [0.15, 0.2) is 24.3 Å². The maximum Gasteiger partial charge on any atom is 0.246 e. The SMILES string of the molecule is COc1ccccc1N1CCC(=O)NCC1=O. The van der Waals surface area contributed by atoms with Gasteiger partial charge in [0.05, 0.1) is 19.3 Å². The summed E-state index contributed by atoms with van der Waals surface area (Å²) in [4.78, 5) is 24.7. The molecule has 0 unspecified atom stereocenters. The first kappa shape index (κ1) is 11.4. The summed E-state index contributed by atoms with van der Waals surface area (Å²) in [5, 5.41) is 2.56. The molecule has 1 aliphatic rings. The minimum absolute atomic E-state index is 0.0386. The minimum Gasteiger partial charge on any atom is -0.495 e. The molecule has 0 aromatic heterocycles. The third-order valence-corrected chi connectivity index (χ3v) is 2.68. The van der Waals surface area contributed by atoms with Crippen molar-refractivity contribution in [2.24, 2.45) is 0 Å². The summed E-state index contributed by atoms with van der Waals surface area (Å²) >= 11 is 0. The number of nitrogens with zero attached hydrogens (tertiary/aromatic N) is 1. The smallest absolute Gasteiger partial charge is 0.246 e. The lowest BCUT2D eigenvalue weighted by Crippen LogP contribution is -2.35. The molecule has 1 aromatic rings. The number of carbonyl (C=O) groups is 2. The van der Waals surface area contributed by atoms with Crippen LogP contribution in [0.2, 0.25) is 0 Å². The number of hydrogen-bond donors (Lipinski definition) is 1. The molecule has 0 spiro atoms. The molecule has 17 heavy (non-hydrogen) atoms. The predicted molar refractivity (Wildman–Crippen MR) is 63.0 cm³/mol. The van der Waals surface area contributed by atoms with Crippen LogP contribution >= 0.6 is 0 Å². The molecule has 0 aliphatic carbocycles. The first-order valence-corrected chi connectivity index (χ1v) is 5.42. The van der Waals surface area contributed by atoms with Crippen LogP contribution in [0.4, 0.5) is 5.69 Å². The fourth-order valence-electron chi connectivity index (χ4n) is 1.80. The summed E-state index contributed by atoms with van der Waals surface area (Å²) in [6.07, 6.45) is 0.309. The van der Waals surface area contributed by atoms with Gasteiger partial charge in [0, 0.05) is 13.0 Å². The third-order valence-electron chi connectivity index (χ3n) is 2.68. The highest BCUT2D eigenvalue weighted by Crippen LogP contribution is 2.28. The number of nitrogens with one attached hydrogen (secondary N) is 1. The van der Waals surface area contributed by atoms with Crippen LogP contribution in [0.1, 0.15) is 6.42 Å². The average molecular weight is 234 g/mol. The summed E-state index contributed by atoms with van der Waals surface area (Å²) in [5.41, 5.74) is 0.705. The van der Waals surface area contributed by atoms with Gasteiger partial charge in [0.2, 0.25) is 11.8 Å². The second kappa shape index (κ2) is 4.86. The number of amides is 2. The van der Waals surface area contributed by atoms with Crippen molar-refractivity contribution in [1.82, 2.24) is 5.32 Å². The maximum absolute atomic E-state index is 11.9. The van der Waals surface area contributed by atoms with Crippen molar-refractivity contribution in [3.05, 3.63) is 24.3 Å². The standard InChI is InChI=1S/C12H14N2O3/c1-17-10-5-3-2-4-9(10)14-7-6-11(15)13-8-12(14)16/h2-5H,6-8H2,1H3,(H,13,15). The highest BCUT2D eigenvalue weighted by atomic mass is 16.5. The van der Waals surface area contributed by atoms with E-state index in [2.05, 4.69) is 5.32 Å². The second-order valence-corrected chi connectivity index (χ2v) is 3.74. The van der Waals surface area contributed by atoms with E-state index in [4.69, 9.17) is 4.74 Å². The van der Waals surface area contributed by atoms with Crippen LogP contribution < -0.4 is 15.0 Å². The number of rotatable bonds is 2. The number of para-hydroxylation sites is 2. The third kappa shape index (κ3) is 2.38. The van der Waals surface area contributed by atoms with E-state index < -0.39 is 0 Å². The van der Waals surface area contributed by atoms with Crippen molar-refractivity contribution < 1.29 is 14.3 Å². The van der Waals surface area contributed by atoms with Crippen LogP contribution in [-0.4, -0.2) is 32.0 Å². The van der Waals surface area contributed by atoms with Crippen LogP contribution in [-0.2, 0) is 9.59 Å². The van der Waals surface area contributed by atoms with Gasteiger partial charge >= 0.3 is 0 Å². The Bertz CT molecular complexity index is 445. The van der Waals surface area contributed by atoms with Crippen molar-refractivity contribution in [3.63, 3.8) is 0 Å². The Labute approximate surface area is 99.4 Å². The molecule has 1 saturated heterocycles. The fraction of sp³-hybridized carbons (Fsp3) is 0.333. The molecule has 1 fully saturated rings. The van der Waals surface area contributed by atoms with Gasteiger partial charge in [-0.25, -0.2) is 0 Å². The molecule has 5 nitrogen and oxygen atoms in total. The Morgan fingerprint density at radius 2 is 2.06 bits per heavy atom. The quantitative estimate of drug-likeness (QED) is 0.813. The molecule has 0 radical (unpaired) electrons. The highest BCUT2D eigenvalue weighted by Gasteiger charge is 2.23. The molecule has 5 heteroatoms. The summed E-state index contributed by atoms with van der Waals surface area (Å²) in [7, 11) is 1.56. The van der Waals surface area contributed by atoms with Crippen LogP contribution in [0.3, 0.4) is 0 Å². The number of hydrogen-bond acceptors (Lipinski definition) is 3. The van der Waals surface area contributed by atoms with Gasteiger partial charge in [0.25, 0.3) is 0 Å². The lowest BCUT2D eigenvalue weighted by Gasteiger charge is -2.21. The molecule has 2 rings (SSSR count). The van der Waals surface area contributed by atoms with Crippen molar-refractivity contribution in [2.75, 3.05) is 25.1 Å². The molecule has 1 heterocycles. The first-order valence-electron chi connectivity index (χ1n) is 5.42. The number of benzene rings is 1. The van der Waals surface area contributed by atoms with E-state index in [0.29, 0.717) is 24.4 Å². The van der Waals surface area contributed by atoms with E-state index in [-0.39, 0.29) is 18.4 Å². The van der Waals surface area contributed by atoms with Crippen molar-refractivity contribution in [3.8, 4) is 5.75 Å². The highest BCUT2D eigenvalue weighted by molar-refractivity contribution is 5.99. The summed E-state index contributed by atoms with van der Waals surface area (Å²) in [6.45, 7) is 0.419. The number of methoxy groups -OCH3 is 1. The largest absolute Gasteiger partial charge is 0.495 e. The molecular weight excluding hydrogens is 220 g/mol. The van der Waals surface area contributed by atoms with Crippen molar-refractivity contribution in [1.29, 1.82) is 0 Å². The van der Waals surface area contributed by atoms with E-state index in [1.165, 1.54) is 0 Å². The molecule has 0 atom stereocenters. The topological polar surface area (TPSA) is 58.6 Å². The van der Waals surface area contributed by atoms with Gasteiger partial charge in [-0.3, -0.25) is 9.59 Å². The Kier molecular flexibility index (Phi) is 3.27. The number of carbonyl (C=O) groups excluding carboxylic acids is 2. The van der Waals surface area contributed by atoms with E-state index in [1.807, 2.05) is 18.2 Å². The fourth-order valence-corrected chi connectivity index (χ4v) is 1.80. The summed E-state index contributed by atoms with van der Waals surface area (Å²) in [6, 6.07) is 7.29. The molecule has 2 amide bonds. The zero-order chi connectivity index (χ0) is 12.3. The van der Waals surface area contributed by atoms with Gasteiger partial charge in [-0.15, -0.1) is 0 Å². The zero-order valence-electron chi connectivity index (χ0n) is 9.60. The molecule has 1 aromatic carbocycles. The number of ether oxygens (including phenoxy) is 1. The first-order chi connectivity index (χ1) is 8.22. The molecule has 1 aliphatic heterocycles. The number of anilines is 1. The normalized spacial score (nSPS) is 16.4. The molecule has 0 bridgehead atoms. The summed E-state index contributed by atoms with van der Waals surface area (Å²) < 4.78 is 5.22. The van der Waals surface area contributed by atoms with E-state index in [1.54, 1.807) is 18.1 Å². The van der Waals surface area contributed by atoms with Gasteiger partial charge in [-0.05, 0) is 12.1 Å². The van der Waals surface area contributed by atoms with Crippen LogP contribution in [0.5, 0.6) is 5.75 Å². The minimum atomic E-state index is -0.125. The maximum atomic E-state index is 11.9. The van der Waals surface area contributed by atoms with Gasteiger partial charge in [0.15, 0.2) is 0 Å². The molecule has 90 valence electrons. The molecule has 0 saturated carbocycles.